The Morgan fingerprint density at radius 1 is 1.52 bits per heavy atom. The molecule has 0 N–H and O–H groups in total. The van der Waals surface area contributed by atoms with Crippen molar-refractivity contribution in [1.29, 1.82) is 0 Å². The van der Waals surface area contributed by atoms with Crippen LogP contribution in [0, 0.1) is 0 Å². The molecular formula is C16H17N3O3S. The van der Waals surface area contributed by atoms with E-state index in [0.29, 0.717) is 12.2 Å². The fourth-order valence-corrected chi connectivity index (χ4v) is 3.38. The molecule has 0 saturated carbocycles. The first-order valence-electron chi connectivity index (χ1n) is 7.04. The number of esters is 1. The van der Waals surface area contributed by atoms with Crippen molar-refractivity contribution in [3.8, 4) is 0 Å². The minimum absolute atomic E-state index is 0.119. The van der Waals surface area contributed by atoms with Crippen molar-refractivity contribution in [2.75, 3.05) is 23.5 Å². The van der Waals surface area contributed by atoms with Gasteiger partial charge in [-0.05, 0) is 18.1 Å². The lowest BCUT2D eigenvalue weighted by Gasteiger charge is -2.23. The van der Waals surface area contributed by atoms with E-state index in [1.54, 1.807) is 17.8 Å². The van der Waals surface area contributed by atoms with Crippen molar-refractivity contribution >= 4 is 35.0 Å². The molecule has 0 aromatic heterocycles. The first kappa shape index (κ1) is 17.0. The Labute approximate surface area is 138 Å². The van der Waals surface area contributed by atoms with Crippen LogP contribution in [0.2, 0.25) is 0 Å². The molecule has 1 unspecified atom stereocenters. The van der Waals surface area contributed by atoms with Crippen molar-refractivity contribution in [1.82, 2.24) is 0 Å². The Hall–Kier alpha value is -2.37. The normalized spacial score (nSPS) is 15.5. The number of amides is 1. The molecule has 1 aromatic rings. The van der Waals surface area contributed by atoms with Gasteiger partial charge < -0.3 is 10.3 Å². The molecule has 1 aliphatic heterocycles. The third-order valence-corrected chi connectivity index (χ3v) is 4.61. The quantitative estimate of drug-likeness (QED) is 0.151. The second-order valence-electron chi connectivity index (χ2n) is 4.93. The van der Waals surface area contributed by atoms with Gasteiger partial charge in [0.1, 0.15) is 0 Å². The van der Waals surface area contributed by atoms with Crippen LogP contribution in [0.15, 0.2) is 36.9 Å². The van der Waals surface area contributed by atoms with Crippen molar-refractivity contribution in [2.24, 2.45) is 0 Å². The molecule has 23 heavy (non-hydrogen) atoms. The standard InChI is InChI=1S/C16H17N3O3S/c1-3-8-23-10-12-9-11-6-4-5-7-13(11)19(12)15(20)14(18-17)16(21)22-2/h3-7,12H,1,8-10H2,2H3. The van der Waals surface area contributed by atoms with Crippen LogP contribution in [0.3, 0.4) is 0 Å². The van der Waals surface area contributed by atoms with E-state index in [-0.39, 0.29) is 6.04 Å². The second-order valence-corrected chi connectivity index (χ2v) is 6.00. The Balaban J connectivity index is 2.33. The van der Waals surface area contributed by atoms with Gasteiger partial charge in [-0.15, -0.1) is 6.58 Å². The van der Waals surface area contributed by atoms with E-state index in [1.165, 1.54) is 4.90 Å². The number of carbonyl (C=O) groups excluding carboxylic acids is 2. The third kappa shape index (κ3) is 3.52. The zero-order valence-electron chi connectivity index (χ0n) is 12.8. The summed E-state index contributed by atoms with van der Waals surface area (Å²) < 4.78 is 4.51. The van der Waals surface area contributed by atoms with Gasteiger partial charge in [-0.2, -0.15) is 16.6 Å². The highest BCUT2D eigenvalue weighted by Gasteiger charge is 2.42. The molecule has 2 rings (SSSR count). The molecule has 1 amide bonds. The number of benzene rings is 1. The van der Waals surface area contributed by atoms with Gasteiger partial charge in [-0.3, -0.25) is 9.69 Å². The fourth-order valence-electron chi connectivity index (χ4n) is 2.54. The van der Waals surface area contributed by atoms with Gasteiger partial charge in [0.2, 0.25) is 0 Å². The maximum Gasteiger partial charge on any atom is 0.463 e. The van der Waals surface area contributed by atoms with Crippen molar-refractivity contribution in [3.05, 3.63) is 48.0 Å². The number of para-hydroxylation sites is 1. The van der Waals surface area contributed by atoms with Gasteiger partial charge in [0.15, 0.2) is 0 Å². The van der Waals surface area contributed by atoms with Crippen LogP contribution in [0.5, 0.6) is 0 Å². The summed E-state index contributed by atoms with van der Waals surface area (Å²) in [6.07, 6.45) is 2.49. The average Bonchev–Trinajstić information content (AvgIpc) is 2.93. The van der Waals surface area contributed by atoms with E-state index in [4.69, 9.17) is 5.53 Å². The highest BCUT2D eigenvalue weighted by molar-refractivity contribution is 7.99. The minimum atomic E-state index is -0.959. The van der Waals surface area contributed by atoms with Gasteiger partial charge in [0.25, 0.3) is 0 Å². The molecule has 0 saturated heterocycles. The average molecular weight is 331 g/mol. The topological polar surface area (TPSA) is 83.0 Å². The van der Waals surface area contributed by atoms with Crippen LogP contribution in [0.25, 0.3) is 5.53 Å². The van der Waals surface area contributed by atoms with Crippen LogP contribution in [0.4, 0.5) is 5.69 Å². The first-order valence-corrected chi connectivity index (χ1v) is 8.20. The van der Waals surface area contributed by atoms with Gasteiger partial charge in [0.05, 0.1) is 13.2 Å². The molecule has 1 aliphatic rings. The molecule has 1 aromatic carbocycles. The van der Waals surface area contributed by atoms with Gasteiger partial charge in [-0.25, -0.2) is 4.79 Å². The Morgan fingerprint density at radius 2 is 2.26 bits per heavy atom. The SMILES string of the molecule is C=CCSCC1Cc2ccccc2N1C(=O)C(=[N+]=[N-])C(=O)OC. The zero-order chi connectivity index (χ0) is 16.8. The van der Waals surface area contributed by atoms with E-state index >= 15 is 0 Å². The van der Waals surface area contributed by atoms with Crippen molar-refractivity contribution < 1.29 is 19.1 Å². The second kappa shape index (κ2) is 7.76. The number of anilines is 1. The van der Waals surface area contributed by atoms with Gasteiger partial charge in [0, 0.05) is 17.2 Å². The number of nitrogens with zero attached hydrogens (tertiary/aromatic N) is 3. The molecule has 1 atom stereocenters. The van der Waals surface area contributed by atoms with E-state index in [9.17, 15) is 9.59 Å². The Bertz CT molecular complexity index is 683. The Morgan fingerprint density at radius 3 is 2.91 bits per heavy atom. The molecular weight excluding hydrogens is 314 g/mol. The molecule has 120 valence electrons. The molecule has 0 bridgehead atoms. The van der Waals surface area contributed by atoms with E-state index < -0.39 is 17.6 Å². The van der Waals surface area contributed by atoms with Crippen LogP contribution in [-0.4, -0.2) is 47.0 Å². The summed E-state index contributed by atoms with van der Waals surface area (Å²) in [5.41, 5.74) is 10.2. The van der Waals surface area contributed by atoms with Gasteiger partial charge >= 0.3 is 17.6 Å². The number of fused-ring (bicyclic) bond motifs is 1. The summed E-state index contributed by atoms with van der Waals surface area (Å²) >= 11 is 1.65. The van der Waals surface area contributed by atoms with E-state index in [0.717, 1.165) is 24.1 Å². The number of hydrogen-bond acceptors (Lipinski definition) is 4. The molecule has 0 fully saturated rings. The molecule has 0 spiro atoms. The highest BCUT2D eigenvalue weighted by atomic mass is 32.2. The highest BCUT2D eigenvalue weighted by Crippen LogP contribution is 2.33. The van der Waals surface area contributed by atoms with Crippen LogP contribution >= 0.6 is 11.8 Å². The summed E-state index contributed by atoms with van der Waals surface area (Å²) in [4.78, 5) is 28.7. The van der Waals surface area contributed by atoms with Crippen LogP contribution in [0.1, 0.15) is 5.56 Å². The predicted molar refractivity (Wildman–Crippen MR) is 89.6 cm³/mol. The first-order chi connectivity index (χ1) is 11.1. The predicted octanol–water partition coefficient (Wildman–Crippen LogP) is 1.71. The summed E-state index contributed by atoms with van der Waals surface area (Å²) in [6.45, 7) is 3.68. The van der Waals surface area contributed by atoms with E-state index in [2.05, 4.69) is 16.1 Å². The lowest BCUT2D eigenvalue weighted by Crippen LogP contribution is -2.46. The van der Waals surface area contributed by atoms with Crippen molar-refractivity contribution in [3.63, 3.8) is 0 Å². The van der Waals surface area contributed by atoms with Crippen LogP contribution < -0.4 is 4.90 Å². The molecule has 0 radical (unpaired) electrons. The molecule has 0 aliphatic carbocycles. The minimum Gasteiger partial charge on any atom is -0.460 e. The molecule has 1 heterocycles. The maximum atomic E-state index is 12.7. The summed E-state index contributed by atoms with van der Waals surface area (Å²) in [5.74, 6) is -0.160. The zero-order valence-corrected chi connectivity index (χ0v) is 13.6. The number of rotatable bonds is 6. The van der Waals surface area contributed by atoms with Gasteiger partial charge in [-0.1, -0.05) is 24.3 Å². The largest absolute Gasteiger partial charge is 0.463 e. The maximum absolute atomic E-state index is 12.7. The third-order valence-electron chi connectivity index (χ3n) is 3.52. The van der Waals surface area contributed by atoms with Crippen molar-refractivity contribution in [2.45, 2.75) is 12.5 Å². The lowest BCUT2D eigenvalue weighted by atomic mass is 10.1. The summed E-state index contributed by atoms with van der Waals surface area (Å²) in [6, 6.07) is 7.37. The summed E-state index contributed by atoms with van der Waals surface area (Å²) in [5, 5.41) is 0. The molecule has 6 nitrogen and oxygen atoms in total. The number of carbonyl (C=O) groups is 2. The fraction of sp³-hybridized carbons (Fsp3) is 0.312. The van der Waals surface area contributed by atoms with Crippen LogP contribution in [-0.2, 0) is 20.7 Å². The Kier molecular flexibility index (Phi) is 5.73. The molecule has 7 heteroatoms. The monoisotopic (exact) mass is 331 g/mol. The number of thioether (sulfide) groups is 1. The summed E-state index contributed by atoms with van der Waals surface area (Å²) in [7, 11) is 1.14. The number of ether oxygens (including phenoxy) is 1. The lowest BCUT2D eigenvalue weighted by molar-refractivity contribution is -0.139. The number of hydrogen-bond donors (Lipinski definition) is 0. The number of methoxy groups -OCH3 is 1. The van der Waals surface area contributed by atoms with E-state index in [1.807, 2.05) is 24.3 Å². The smallest absolute Gasteiger partial charge is 0.460 e.